The van der Waals surface area contributed by atoms with E-state index in [0.717, 1.165) is 12.0 Å². The van der Waals surface area contributed by atoms with E-state index in [1.54, 1.807) is 12.1 Å². The molecule has 0 saturated heterocycles. The average Bonchev–Trinajstić information content (AvgIpc) is 2.42. The third-order valence-electron chi connectivity index (χ3n) is 4.29. The Balaban J connectivity index is 1.93. The molecule has 20 heavy (non-hydrogen) atoms. The van der Waals surface area contributed by atoms with Crippen LogP contribution in [0.1, 0.15) is 50.7 Å². The molecular weight excluding hydrogens is 248 g/mol. The molecule has 1 aromatic rings. The van der Waals surface area contributed by atoms with Gasteiger partial charge in [-0.1, -0.05) is 38.8 Å². The Labute approximate surface area is 121 Å². The Morgan fingerprint density at radius 3 is 2.65 bits per heavy atom. The van der Waals surface area contributed by atoms with Crippen LogP contribution in [0.3, 0.4) is 0 Å². The van der Waals surface area contributed by atoms with Gasteiger partial charge in [-0.25, -0.2) is 0 Å². The lowest BCUT2D eigenvalue weighted by molar-refractivity contribution is -0.122. The predicted molar refractivity (Wildman–Crippen MR) is 79.0 cm³/mol. The maximum Gasteiger partial charge on any atom is 0.224 e. The van der Waals surface area contributed by atoms with Gasteiger partial charge in [-0.05, 0) is 36.0 Å². The normalized spacial score (nSPS) is 20.9. The van der Waals surface area contributed by atoms with Crippen LogP contribution in [0.15, 0.2) is 24.3 Å². The maximum absolute atomic E-state index is 12.1. The number of amides is 1. The number of carbonyl (C=O) groups is 1. The van der Waals surface area contributed by atoms with Gasteiger partial charge in [0.15, 0.2) is 0 Å². The molecule has 3 heteroatoms. The van der Waals surface area contributed by atoms with E-state index >= 15 is 0 Å². The summed E-state index contributed by atoms with van der Waals surface area (Å²) in [5.41, 5.74) is 1.77. The van der Waals surface area contributed by atoms with Gasteiger partial charge in [-0.2, -0.15) is 5.26 Å². The van der Waals surface area contributed by atoms with Gasteiger partial charge in [0.05, 0.1) is 18.1 Å². The lowest BCUT2D eigenvalue weighted by atomic mass is 9.73. The molecular formula is C17H22N2O. The van der Waals surface area contributed by atoms with Crippen LogP contribution in [-0.2, 0) is 11.2 Å². The molecule has 0 aromatic heterocycles. The van der Waals surface area contributed by atoms with Gasteiger partial charge in [0.25, 0.3) is 0 Å². The number of hydrogen-bond donors (Lipinski definition) is 1. The second-order valence-electron chi connectivity index (χ2n) is 6.34. The van der Waals surface area contributed by atoms with E-state index in [2.05, 4.69) is 25.2 Å². The monoisotopic (exact) mass is 270 g/mol. The molecule has 1 aliphatic carbocycles. The molecule has 1 aliphatic rings. The fourth-order valence-electron chi connectivity index (χ4n) is 2.89. The Kier molecular flexibility index (Phi) is 4.44. The lowest BCUT2D eigenvalue weighted by Gasteiger charge is -2.39. The first-order valence-electron chi connectivity index (χ1n) is 7.30. The summed E-state index contributed by atoms with van der Waals surface area (Å²) in [6.07, 6.45) is 5.10. The Morgan fingerprint density at radius 2 is 2.05 bits per heavy atom. The highest BCUT2D eigenvalue weighted by molar-refractivity contribution is 5.79. The number of benzene rings is 1. The molecule has 1 aromatic carbocycles. The molecule has 2 rings (SSSR count). The zero-order valence-corrected chi connectivity index (χ0v) is 12.3. The topological polar surface area (TPSA) is 52.9 Å². The van der Waals surface area contributed by atoms with E-state index in [1.165, 1.54) is 19.3 Å². The van der Waals surface area contributed by atoms with Gasteiger partial charge < -0.3 is 5.32 Å². The van der Waals surface area contributed by atoms with E-state index in [-0.39, 0.29) is 17.4 Å². The van der Waals surface area contributed by atoms with Crippen LogP contribution >= 0.6 is 0 Å². The highest BCUT2D eigenvalue weighted by Crippen LogP contribution is 2.35. The second kappa shape index (κ2) is 6.09. The molecule has 0 heterocycles. The van der Waals surface area contributed by atoms with Crippen molar-refractivity contribution >= 4 is 5.91 Å². The van der Waals surface area contributed by atoms with E-state index in [0.29, 0.717) is 12.0 Å². The first-order valence-corrected chi connectivity index (χ1v) is 7.30. The summed E-state index contributed by atoms with van der Waals surface area (Å²) in [7, 11) is 0. The van der Waals surface area contributed by atoms with Gasteiger partial charge in [-0.3, -0.25) is 4.79 Å². The number of nitriles is 1. The minimum atomic E-state index is 0.0784. The minimum Gasteiger partial charge on any atom is -0.353 e. The molecule has 1 fully saturated rings. The predicted octanol–water partition coefficient (Wildman–Crippen LogP) is 3.19. The molecule has 1 amide bonds. The molecule has 106 valence electrons. The van der Waals surface area contributed by atoms with Crippen molar-refractivity contribution in [3.8, 4) is 6.07 Å². The minimum absolute atomic E-state index is 0.0784. The Morgan fingerprint density at radius 1 is 1.35 bits per heavy atom. The van der Waals surface area contributed by atoms with Crippen LogP contribution in [0.2, 0.25) is 0 Å². The smallest absolute Gasteiger partial charge is 0.224 e. The summed E-state index contributed by atoms with van der Waals surface area (Å²) in [5, 5.41) is 11.9. The first-order chi connectivity index (χ1) is 9.51. The van der Waals surface area contributed by atoms with Crippen molar-refractivity contribution in [2.45, 2.75) is 52.0 Å². The van der Waals surface area contributed by atoms with Crippen LogP contribution in [0, 0.1) is 16.7 Å². The molecule has 3 nitrogen and oxygen atoms in total. The fraction of sp³-hybridized carbons (Fsp3) is 0.529. The number of rotatable bonds is 3. The van der Waals surface area contributed by atoms with Crippen molar-refractivity contribution < 1.29 is 4.79 Å². The summed E-state index contributed by atoms with van der Waals surface area (Å²) in [5.74, 6) is 0.0784. The van der Waals surface area contributed by atoms with Crippen LogP contribution in [0.25, 0.3) is 0 Å². The molecule has 1 atom stereocenters. The first kappa shape index (κ1) is 14.6. The number of nitrogens with one attached hydrogen (secondary N) is 1. The Hall–Kier alpha value is -1.82. The lowest BCUT2D eigenvalue weighted by Crippen LogP contribution is -2.47. The third kappa shape index (κ3) is 3.60. The fourth-order valence-corrected chi connectivity index (χ4v) is 2.89. The number of nitrogens with zero attached hydrogens (tertiary/aromatic N) is 1. The van der Waals surface area contributed by atoms with Crippen LogP contribution < -0.4 is 5.32 Å². The summed E-state index contributed by atoms with van der Waals surface area (Å²) < 4.78 is 0. The molecule has 1 unspecified atom stereocenters. The number of hydrogen-bond acceptors (Lipinski definition) is 2. The van der Waals surface area contributed by atoms with E-state index in [9.17, 15) is 4.79 Å². The van der Waals surface area contributed by atoms with Gasteiger partial charge >= 0.3 is 0 Å². The second-order valence-corrected chi connectivity index (χ2v) is 6.34. The van der Waals surface area contributed by atoms with Crippen LogP contribution in [0.5, 0.6) is 0 Å². The SMILES string of the molecule is CC1(C)CCCCC1NC(=O)Cc1ccc(C#N)cc1. The summed E-state index contributed by atoms with van der Waals surface area (Å²) in [6.45, 7) is 4.47. The highest BCUT2D eigenvalue weighted by atomic mass is 16.1. The number of carbonyl (C=O) groups excluding carboxylic acids is 1. The zero-order chi connectivity index (χ0) is 14.6. The molecule has 0 radical (unpaired) electrons. The van der Waals surface area contributed by atoms with Crippen molar-refractivity contribution in [1.82, 2.24) is 5.32 Å². The highest BCUT2D eigenvalue weighted by Gasteiger charge is 2.32. The molecule has 1 saturated carbocycles. The molecule has 0 aliphatic heterocycles. The quantitative estimate of drug-likeness (QED) is 0.917. The van der Waals surface area contributed by atoms with E-state index < -0.39 is 0 Å². The average molecular weight is 270 g/mol. The zero-order valence-electron chi connectivity index (χ0n) is 12.3. The van der Waals surface area contributed by atoms with Crippen molar-refractivity contribution in [3.63, 3.8) is 0 Å². The molecule has 0 bridgehead atoms. The van der Waals surface area contributed by atoms with E-state index in [1.807, 2.05) is 12.1 Å². The van der Waals surface area contributed by atoms with Gasteiger partial charge in [0.2, 0.25) is 5.91 Å². The largest absolute Gasteiger partial charge is 0.353 e. The summed E-state index contributed by atoms with van der Waals surface area (Å²) in [6, 6.07) is 9.58. The third-order valence-corrected chi connectivity index (χ3v) is 4.29. The maximum atomic E-state index is 12.1. The van der Waals surface area contributed by atoms with Crippen molar-refractivity contribution in [1.29, 1.82) is 5.26 Å². The molecule has 0 spiro atoms. The van der Waals surface area contributed by atoms with E-state index in [4.69, 9.17) is 5.26 Å². The summed E-state index contributed by atoms with van der Waals surface area (Å²) in [4.78, 5) is 12.1. The van der Waals surface area contributed by atoms with Gasteiger partial charge in [0, 0.05) is 6.04 Å². The van der Waals surface area contributed by atoms with Crippen molar-refractivity contribution in [3.05, 3.63) is 35.4 Å². The van der Waals surface area contributed by atoms with Crippen molar-refractivity contribution in [2.24, 2.45) is 5.41 Å². The Bertz CT molecular complexity index is 511. The summed E-state index contributed by atoms with van der Waals surface area (Å²) >= 11 is 0. The van der Waals surface area contributed by atoms with Crippen molar-refractivity contribution in [2.75, 3.05) is 0 Å². The molecule has 1 N–H and O–H groups in total. The van der Waals surface area contributed by atoms with Gasteiger partial charge in [0.1, 0.15) is 0 Å². The van der Waals surface area contributed by atoms with Crippen LogP contribution in [0.4, 0.5) is 0 Å². The standard InChI is InChI=1S/C17H22N2O/c1-17(2)10-4-3-5-15(17)19-16(20)11-13-6-8-14(12-18)9-7-13/h6-9,15H,3-5,10-11H2,1-2H3,(H,19,20). The van der Waals surface area contributed by atoms with Gasteiger partial charge in [-0.15, -0.1) is 0 Å². The van der Waals surface area contributed by atoms with Crippen LogP contribution in [-0.4, -0.2) is 11.9 Å².